The Morgan fingerprint density at radius 2 is 2.24 bits per heavy atom. The predicted octanol–water partition coefficient (Wildman–Crippen LogP) is 1.39. The molecule has 0 aliphatic rings. The number of thiophene rings is 1. The zero-order valence-corrected chi connectivity index (χ0v) is 11.0. The van der Waals surface area contributed by atoms with Gasteiger partial charge in [-0.15, -0.1) is 11.3 Å². The van der Waals surface area contributed by atoms with Crippen molar-refractivity contribution in [3.8, 4) is 0 Å². The number of likely N-dealkylation sites (N-methyl/N-ethyl adjacent to an activating group) is 2. The molecule has 0 fully saturated rings. The zero-order valence-electron chi connectivity index (χ0n) is 10.2. The van der Waals surface area contributed by atoms with Gasteiger partial charge in [0.05, 0.1) is 11.4 Å². The van der Waals surface area contributed by atoms with E-state index in [2.05, 4.69) is 5.32 Å². The van der Waals surface area contributed by atoms with Gasteiger partial charge in [0.2, 0.25) is 5.91 Å². The largest absolute Gasteiger partial charge is 0.358 e. The lowest BCUT2D eigenvalue weighted by molar-refractivity contribution is -0.121. The topological polar surface area (TPSA) is 49.4 Å². The first-order valence-electron chi connectivity index (χ1n) is 5.59. The summed E-state index contributed by atoms with van der Waals surface area (Å²) in [7, 11) is 3.50. The number of hydrogen-bond donors (Lipinski definition) is 1. The number of rotatable bonds is 7. The van der Waals surface area contributed by atoms with Crippen LogP contribution in [0.1, 0.15) is 22.5 Å². The lowest BCUT2D eigenvalue weighted by Crippen LogP contribution is -2.33. The average molecular weight is 254 g/mol. The summed E-state index contributed by atoms with van der Waals surface area (Å²) in [5, 5.41) is 4.48. The summed E-state index contributed by atoms with van der Waals surface area (Å²) in [6, 6.07) is 3.73. The molecule has 0 aromatic carbocycles. The third-order valence-electron chi connectivity index (χ3n) is 2.43. The first kappa shape index (κ1) is 13.9. The second-order valence-corrected chi connectivity index (χ2v) is 4.86. The number of Topliss-reactive ketones (excluding diaryl/α,β-unsaturated/α-hetero) is 1. The minimum absolute atomic E-state index is 0.00270. The van der Waals surface area contributed by atoms with Crippen LogP contribution in [0, 0.1) is 0 Å². The van der Waals surface area contributed by atoms with Gasteiger partial charge in [-0.25, -0.2) is 0 Å². The minimum atomic E-state index is -0.00270. The highest BCUT2D eigenvalue weighted by atomic mass is 32.1. The van der Waals surface area contributed by atoms with Crippen molar-refractivity contribution in [3.05, 3.63) is 22.4 Å². The number of ketones is 1. The van der Waals surface area contributed by atoms with Gasteiger partial charge in [-0.05, 0) is 31.5 Å². The summed E-state index contributed by atoms with van der Waals surface area (Å²) in [5.74, 6) is 0.186. The Labute approximate surface area is 106 Å². The van der Waals surface area contributed by atoms with Gasteiger partial charge >= 0.3 is 0 Å². The van der Waals surface area contributed by atoms with Gasteiger partial charge in [0.15, 0.2) is 5.78 Å². The fraction of sp³-hybridized carbons (Fsp3) is 0.500. The predicted molar refractivity (Wildman–Crippen MR) is 69.4 cm³/mol. The summed E-state index contributed by atoms with van der Waals surface area (Å²) in [5.41, 5.74) is 0. The fourth-order valence-corrected chi connectivity index (χ4v) is 2.17. The van der Waals surface area contributed by atoms with E-state index in [-0.39, 0.29) is 11.7 Å². The van der Waals surface area contributed by atoms with E-state index in [0.717, 1.165) is 17.8 Å². The first-order chi connectivity index (χ1) is 8.13. The van der Waals surface area contributed by atoms with Crippen LogP contribution < -0.4 is 5.32 Å². The Morgan fingerprint density at radius 3 is 2.82 bits per heavy atom. The van der Waals surface area contributed by atoms with Crippen LogP contribution in [0.15, 0.2) is 17.5 Å². The molecule has 0 aliphatic heterocycles. The van der Waals surface area contributed by atoms with Crippen molar-refractivity contribution in [2.24, 2.45) is 0 Å². The second kappa shape index (κ2) is 7.19. The number of amides is 1. The average Bonchev–Trinajstić information content (AvgIpc) is 2.82. The Balaban J connectivity index is 2.19. The molecule has 1 rings (SSSR count). The quantitative estimate of drug-likeness (QED) is 0.748. The van der Waals surface area contributed by atoms with E-state index < -0.39 is 0 Å². The lowest BCUT2D eigenvalue weighted by Gasteiger charge is -2.14. The molecule has 0 radical (unpaired) electrons. The number of carbonyl (C=O) groups excluding carboxylic acids is 2. The van der Waals surface area contributed by atoms with Crippen molar-refractivity contribution in [1.82, 2.24) is 10.2 Å². The maximum Gasteiger partial charge on any atom is 0.233 e. The van der Waals surface area contributed by atoms with Crippen molar-refractivity contribution in [2.45, 2.75) is 12.8 Å². The number of nitrogens with one attached hydrogen (secondary N) is 1. The van der Waals surface area contributed by atoms with Crippen LogP contribution in [0.25, 0.3) is 0 Å². The normalized spacial score (nSPS) is 10.5. The smallest absolute Gasteiger partial charge is 0.233 e. The van der Waals surface area contributed by atoms with E-state index in [0.29, 0.717) is 13.0 Å². The molecule has 94 valence electrons. The highest BCUT2D eigenvalue weighted by Crippen LogP contribution is 2.12. The van der Waals surface area contributed by atoms with Gasteiger partial charge in [0.1, 0.15) is 0 Å². The van der Waals surface area contributed by atoms with Gasteiger partial charge in [-0.3, -0.25) is 14.5 Å². The molecule has 1 aromatic rings. The van der Waals surface area contributed by atoms with E-state index >= 15 is 0 Å². The van der Waals surface area contributed by atoms with Crippen LogP contribution in [0.4, 0.5) is 0 Å². The van der Waals surface area contributed by atoms with Crippen molar-refractivity contribution in [3.63, 3.8) is 0 Å². The van der Waals surface area contributed by atoms with E-state index in [1.807, 2.05) is 29.5 Å². The third-order valence-corrected chi connectivity index (χ3v) is 3.34. The number of carbonyl (C=O) groups is 2. The molecule has 1 aromatic heterocycles. The van der Waals surface area contributed by atoms with Crippen LogP contribution in [-0.4, -0.2) is 43.8 Å². The van der Waals surface area contributed by atoms with Crippen molar-refractivity contribution < 1.29 is 9.59 Å². The number of hydrogen-bond acceptors (Lipinski definition) is 4. The van der Waals surface area contributed by atoms with Gasteiger partial charge < -0.3 is 5.32 Å². The maximum atomic E-state index is 11.7. The molecule has 0 saturated heterocycles. The molecule has 0 spiro atoms. The summed E-state index contributed by atoms with van der Waals surface area (Å²) in [4.78, 5) is 25.5. The van der Waals surface area contributed by atoms with E-state index in [9.17, 15) is 9.59 Å². The minimum Gasteiger partial charge on any atom is -0.358 e. The van der Waals surface area contributed by atoms with Crippen LogP contribution in [-0.2, 0) is 4.79 Å². The molecule has 0 unspecified atom stereocenters. The summed E-state index contributed by atoms with van der Waals surface area (Å²) in [6.07, 6.45) is 1.32. The molecule has 0 bridgehead atoms. The Morgan fingerprint density at radius 1 is 1.47 bits per heavy atom. The molecule has 0 aliphatic carbocycles. The van der Waals surface area contributed by atoms with Crippen LogP contribution in [0.3, 0.4) is 0 Å². The Kier molecular flexibility index (Phi) is 5.86. The van der Waals surface area contributed by atoms with E-state index in [1.54, 1.807) is 7.05 Å². The molecule has 1 N–H and O–H groups in total. The van der Waals surface area contributed by atoms with Gasteiger partial charge in [0.25, 0.3) is 0 Å². The first-order valence-corrected chi connectivity index (χ1v) is 6.47. The van der Waals surface area contributed by atoms with Crippen LogP contribution >= 0.6 is 11.3 Å². The SMILES string of the molecule is CNC(=O)CN(C)CCCC(=O)c1cccs1. The summed E-state index contributed by atoms with van der Waals surface area (Å²) < 4.78 is 0. The van der Waals surface area contributed by atoms with Gasteiger partial charge in [-0.2, -0.15) is 0 Å². The van der Waals surface area contributed by atoms with Crippen LogP contribution in [0.5, 0.6) is 0 Å². The van der Waals surface area contributed by atoms with E-state index in [4.69, 9.17) is 0 Å². The molecule has 1 amide bonds. The molecule has 4 nitrogen and oxygen atoms in total. The highest BCUT2D eigenvalue weighted by molar-refractivity contribution is 7.12. The van der Waals surface area contributed by atoms with Gasteiger partial charge in [0, 0.05) is 13.5 Å². The Bertz CT molecular complexity index is 363. The summed E-state index contributed by atoms with van der Waals surface area (Å²) in [6.45, 7) is 1.13. The standard InChI is InChI=1S/C12H18N2O2S/c1-13-12(16)9-14(2)7-3-5-10(15)11-6-4-8-17-11/h4,6,8H,3,5,7,9H2,1-2H3,(H,13,16). The highest BCUT2D eigenvalue weighted by Gasteiger charge is 2.08. The zero-order chi connectivity index (χ0) is 12.7. The second-order valence-electron chi connectivity index (χ2n) is 3.91. The molecule has 5 heteroatoms. The van der Waals surface area contributed by atoms with E-state index in [1.165, 1.54) is 11.3 Å². The molecule has 0 saturated carbocycles. The third kappa shape index (κ3) is 5.10. The molecular formula is C12H18N2O2S. The Hall–Kier alpha value is -1.20. The summed E-state index contributed by atoms with van der Waals surface area (Å²) >= 11 is 1.48. The van der Waals surface area contributed by atoms with Crippen molar-refractivity contribution in [2.75, 3.05) is 27.2 Å². The maximum absolute atomic E-state index is 11.7. The van der Waals surface area contributed by atoms with Crippen LogP contribution in [0.2, 0.25) is 0 Å². The van der Waals surface area contributed by atoms with Gasteiger partial charge in [-0.1, -0.05) is 6.07 Å². The van der Waals surface area contributed by atoms with Crippen molar-refractivity contribution in [1.29, 1.82) is 0 Å². The molecule has 0 atom stereocenters. The molecular weight excluding hydrogens is 236 g/mol. The molecule has 1 heterocycles. The fourth-order valence-electron chi connectivity index (χ4n) is 1.47. The number of nitrogens with zero attached hydrogens (tertiary/aromatic N) is 1. The monoisotopic (exact) mass is 254 g/mol. The lowest BCUT2D eigenvalue weighted by atomic mass is 10.2. The van der Waals surface area contributed by atoms with Crippen molar-refractivity contribution >= 4 is 23.0 Å². The molecule has 17 heavy (non-hydrogen) atoms.